The van der Waals surface area contributed by atoms with E-state index in [0.29, 0.717) is 23.7 Å². The van der Waals surface area contributed by atoms with Crippen molar-refractivity contribution < 1.29 is 5.11 Å². The molecule has 0 bridgehead atoms. The lowest BCUT2D eigenvalue weighted by Crippen LogP contribution is -2.27. The molecule has 28 heavy (non-hydrogen) atoms. The van der Waals surface area contributed by atoms with Gasteiger partial charge in [-0.25, -0.2) is 4.68 Å². The third-order valence-electron chi connectivity index (χ3n) is 4.60. The zero-order valence-corrected chi connectivity index (χ0v) is 18.0. The first kappa shape index (κ1) is 21.8. The molecular weight excluding hydrogens is 376 g/mol. The number of aromatic nitrogens is 4. The summed E-state index contributed by atoms with van der Waals surface area (Å²) in [6, 6.07) is 5.92. The topological polar surface area (TPSA) is 65.0 Å². The molecule has 1 N–H and O–H groups in total. The van der Waals surface area contributed by atoms with Crippen LogP contribution in [0.1, 0.15) is 37.8 Å². The summed E-state index contributed by atoms with van der Waals surface area (Å²) in [6.45, 7) is 9.36. The number of hydrogen-bond donors (Lipinski definition) is 1. The maximum Gasteiger partial charge on any atom is 0.278 e. The number of aryl methyl sites for hydroxylation is 3. The smallest absolute Gasteiger partial charge is 0.278 e. The lowest BCUT2D eigenvalue weighted by molar-refractivity contribution is 0.305. The van der Waals surface area contributed by atoms with E-state index in [4.69, 9.17) is 11.6 Å². The van der Waals surface area contributed by atoms with Crippen molar-refractivity contribution in [3.63, 3.8) is 0 Å². The molecule has 0 radical (unpaired) electrons. The van der Waals surface area contributed by atoms with Gasteiger partial charge in [-0.1, -0.05) is 43.6 Å². The first-order valence-electron chi connectivity index (χ1n) is 9.63. The summed E-state index contributed by atoms with van der Waals surface area (Å²) in [5.74, 6) is 0.113. The summed E-state index contributed by atoms with van der Waals surface area (Å²) in [5.41, 5.74) is 3.30. The van der Waals surface area contributed by atoms with Crippen molar-refractivity contribution in [3.05, 3.63) is 57.1 Å². The highest BCUT2D eigenvalue weighted by atomic mass is 35.5. The molecule has 4 rings (SSSR count). The summed E-state index contributed by atoms with van der Waals surface area (Å²) < 4.78 is 5.04. The van der Waals surface area contributed by atoms with Crippen molar-refractivity contribution in [1.29, 1.82) is 0 Å². The summed E-state index contributed by atoms with van der Waals surface area (Å²) in [7, 11) is 1.83. The van der Waals surface area contributed by atoms with Crippen LogP contribution in [-0.4, -0.2) is 24.3 Å². The molecule has 7 heteroatoms. The number of fused-ring (bicyclic) bond motifs is 1. The van der Waals surface area contributed by atoms with Gasteiger partial charge in [-0.05, 0) is 43.4 Å². The Morgan fingerprint density at radius 3 is 2.04 bits per heavy atom. The van der Waals surface area contributed by atoms with E-state index in [-0.39, 0.29) is 11.4 Å². The number of nitrogens with zero attached hydrogens (tertiary/aromatic N) is 4. The molecule has 1 aromatic carbocycles. The van der Waals surface area contributed by atoms with Gasteiger partial charge in [0.05, 0.1) is 11.2 Å². The van der Waals surface area contributed by atoms with Crippen LogP contribution in [0.4, 0.5) is 0 Å². The zero-order valence-electron chi connectivity index (χ0n) is 17.2. The van der Waals surface area contributed by atoms with Gasteiger partial charge in [0.2, 0.25) is 5.88 Å². The molecule has 0 saturated carbocycles. The second-order valence-electron chi connectivity index (χ2n) is 6.56. The average molecular weight is 405 g/mol. The molecule has 6 nitrogen and oxygen atoms in total. The number of halogens is 1. The molecule has 2 aromatic heterocycles. The van der Waals surface area contributed by atoms with E-state index < -0.39 is 0 Å². The number of aromatic hydroxyl groups is 1. The summed E-state index contributed by atoms with van der Waals surface area (Å²) >= 11 is 5.48. The van der Waals surface area contributed by atoms with Crippen LogP contribution in [0.15, 0.2) is 35.4 Å². The average Bonchev–Trinajstić information content (AvgIpc) is 3.19. The van der Waals surface area contributed by atoms with Crippen LogP contribution in [0, 0.1) is 13.8 Å². The highest BCUT2D eigenvalue weighted by Gasteiger charge is 2.24. The van der Waals surface area contributed by atoms with Gasteiger partial charge in [-0.3, -0.25) is 14.2 Å². The van der Waals surface area contributed by atoms with E-state index in [0.717, 1.165) is 29.5 Å². The maximum absolute atomic E-state index is 12.5. The Labute approximate surface area is 171 Å². The van der Waals surface area contributed by atoms with Gasteiger partial charge < -0.3 is 5.11 Å². The quantitative estimate of drug-likeness (QED) is 0.647. The molecule has 0 aliphatic carbocycles. The van der Waals surface area contributed by atoms with E-state index in [1.54, 1.807) is 26.4 Å². The highest BCUT2D eigenvalue weighted by Crippen LogP contribution is 2.32. The standard InChI is InChI=1S/C15H18N2O2.C4H5ClN2.C2H6/c1-10-6-5-7-11(2)12(10)13-14(18)16-8-3-4-9-17(16)15(13)19;1-7-3-4(5)2-6-7;1-2/h5-7,18H,3-4,8-9H2,1-2H3;2-3H,1H3;1-2H3. The van der Waals surface area contributed by atoms with E-state index >= 15 is 0 Å². The molecule has 0 atom stereocenters. The fourth-order valence-electron chi connectivity index (χ4n) is 3.37. The van der Waals surface area contributed by atoms with Gasteiger partial charge >= 0.3 is 0 Å². The van der Waals surface area contributed by atoms with E-state index in [1.165, 1.54) is 0 Å². The molecular formula is C21H29ClN4O2. The van der Waals surface area contributed by atoms with Crippen LogP contribution >= 0.6 is 11.6 Å². The Bertz CT molecular complexity index is 948. The molecule has 0 amide bonds. The van der Waals surface area contributed by atoms with Crippen LogP contribution in [0.25, 0.3) is 11.1 Å². The van der Waals surface area contributed by atoms with Crippen LogP contribution in [0.5, 0.6) is 5.88 Å². The van der Waals surface area contributed by atoms with Gasteiger partial charge in [0.1, 0.15) is 5.56 Å². The van der Waals surface area contributed by atoms with Crippen molar-refractivity contribution in [3.8, 4) is 17.0 Å². The van der Waals surface area contributed by atoms with Crippen molar-refractivity contribution in [1.82, 2.24) is 19.1 Å². The zero-order chi connectivity index (χ0) is 20.8. The third kappa shape index (κ3) is 4.50. The summed E-state index contributed by atoms with van der Waals surface area (Å²) in [5, 5.41) is 14.9. The Morgan fingerprint density at radius 2 is 1.61 bits per heavy atom. The van der Waals surface area contributed by atoms with Crippen LogP contribution < -0.4 is 5.56 Å². The van der Waals surface area contributed by atoms with E-state index in [2.05, 4.69) is 5.10 Å². The Kier molecular flexibility index (Phi) is 7.52. The minimum Gasteiger partial charge on any atom is -0.493 e. The van der Waals surface area contributed by atoms with Crippen molar-refractivity contribution in [2.45, 2.75) is 53.6 Å². The Morgan fingerprint density at radius 1 is 1.04 bits per heavy atom. The lowest BCUT2D eigenvalue weighted by Gasteiger charge is -2.16. The van der Waals surface area contributed by atoms with Gasteiger partial charge in [-0.15, -0.1) is 0 Å². The summed E-state index contributed by atoms with van der Waals surface area (Å²) in [4.78, 5) is 12.5. The minimum absolute atomic E-state index is 0.0744. The van der Waals surface area contributed by atoms with Crippen LogP contribution in [0.3, 0.4) is 0 Å². The Hall–Kier alpha value is -2.47. The van der Waals surface area contributed by atoms with Crippen LogP contribution in [0.2, 0.25) is 5.02 Å². The highest BCUT2D eigenvalue weighted by molar-refractivity contribution is 6.30. The van der Waals surface area contributed by atoms with Crippen molar-refractivity contribution >= 4 is 11.6 Å². The molecule has 0 unspecified atom stereocenters. The number of benzene rings is 1. The van der Waals surface area contributed by atoms with Gasteiger partial charge in [-0.2, -0.15) is 5.10 Å². The lowest BCUT2D eigenvalue weighted by atomic mass is 9.98. The number of rotatable bonds is 1. The molecule has 1 aliphatic heterocycles. The van der Waals surface area contributed by atoms with Crippen molar-refractivity contribution in [2.75, 3.05) is 0 Å². The van der Waals surface area contributed by atoms with E-state index in [9.17, 15) is 9.90 Å². The fraction of sp³-hybridized carbons (Fsp3) is 0.429. The molecule has 3 aromatic rings. The predicted molar refractivity (Wildman–Crippen MR) is 114 cm³/mol. The van der Waals surface area contributed by atoms with Gasteiger partial charge in [0.25, 0.3) is 5.56 Å². The SMILES string of the molecule is CC.Cc1cccc(C)c1-c1c(O)n2n(c1=O)CCCC2.Cn1cc(Cl)cn1. The van der Waals surface area contributed by atoms with E-state index in [1.807, 2.05) is 52.9 Å². The molecule has 0 saturated heterocycles. The fourth-order valence-corrected chi connectivity index (χ4v) is 3.55. The molecule has 0 fully saturated rings. The predicted octanol–water partition coefficient (Wildman–Crippen LogP) is 4.53. The second-order valence-corrected chi connectivity index (χ2v) is 6.99. The largest absolute Gasteiger partial charge is 0.493 e. The van der Waals surface area contributed by atoms with Crippen LogP contribution in [-0.2, 0) is 20.1 Å². The molecule has 0 spiro atoms. The van der Waals surface area contributed by atoms with Gasteiger partial charge in [0, 0.05) is 26.3 Å². The maximum atomic E-state index is 12.5. The molecule has 3 heterocycles. The summed E-state index contributed by atoms with van der Waals surface area (Å²) in [6.07, 6.45) is 5.34. The first-order chi connectivity index (χ1) is 13.4. The normalized spacial score (nSPS) is 12.4. The van der Waals surface area contributed by atoms with Crippen molar-refractivity contribution in [2.24, 2.45) is 7.05 Å². The first-order valence-corrected chi connectivity index (χ1v) is 10.0. The Balaban J connectivity index is 0.000000261. The minimum atomic E-state index is -0.0744. The third-order valence-corrected chi connectivity index (χ3v) is 4.80. The second kappa shape index (κ2) is 9.64. The monoisotopic (exact) mass is 404 g/mol. The molecule has 1 aliphatic rings. The molecule has 152 valence electrons. The number of hydrogen-bond acceptors (Lipinski definition) is 3. The van der Waals surface area contributed by atoms with Gasteiger partial charge in [0.15, 0.2) is 0 Å².